The zero-order valence-electron chi connectivity index (χ0n) is 13.0. The number of carbonyl (C=O) groups is 1. The molecule has 2 N–H and O–H groups in total. The van der Waals surface area contributed by atoms with Crippen LogP contribution in [0, 0.1) is 12.7 Å². The van der Waals surface area contributed by atoms with E-state index in [4.69, 9.17) is 5.73 Å². The third-order valence-electron chi connectivity index (χ3n) is 4.14. The van der Waals surface area contributed by atoms with E-state index in [1.54, 1.807) is 17.9 Å². The summed E-state index contributed by atoms with van der Waals surface area (Å²) in [7, 11) is 2.06. The molecule has 1 saturated heterocycles. The molecule has 5 heteroatoms. The van der Waals surface area contributed by atoms with Crippen molar-refractivity contribution in [1.29, 1.82) is 0 Å². The Balaban J connectivity index is 2.33. The van der Waals surface area contributed by atoms with Crippen molar-refractivity contribution in [3.63, 3.8) is 0 Å². The minimum atomic E-state index is -0.457. The number of benzene rings is 1. The van der Waals surface area contributed by atoms with Gasteiger partial charge >= 0.3 is 0 Å². The molecule has 0 spiro atoms. The Morgan fingerprint density at radius 1 is 1.43 bits per heavy atom. The average molecular weight is 293 g/mol. The lowest BCUT2D eigenvalue weighted by Crippen LogP contribution is -2.43. The van der Waals surface area contributed by atoms with Gasteiger partial charge in [0.25, 0.3) is 5.91 Å². The van der Waals surface area contributed by atoms with E-state index in [0.29, 0.717) is 17.8 Å². The molecule has 0 aliphatic carbocycles. The van der Waals surface area contributed by atoms with Crippen LogP contribution in [0.4, 0.5) is 10.1 Å². The first-order chi connectivity index (χ1) is 9.93. The van der Waals surface area contributed by atoms with E-state index in [-0.39, 0.29) is 17.5 Å². The highest BCUT2D eigenvalue weighted by molar-refractivity contribution is 5.96. The van der Waals surface area contributed by atoms with Crippen LogP contribution in [0.2, 0.25) is 0 Å². The molecule has 1 aliphatic heterocycles. The van der Waals surface area contributed by atoms with Gasteiger partial charge in [-0.3, -0.25) is 4.79 Å². The molecule has 1 aromatic carbocycles. The quantitative estimate of drug-likeness (QED) is 0.851. The zero-order chi connectivity index (χ0) is 15.6. The van der Waals surface area contributed by atoms with Crippen LogP contribution < -0.4 is 5.73 Å². The SMILES string of the molecule is CCC1CN(C)CCCN1C(=O)c1cc(N)cc(C)c1F. The predicted molar refractivity (Wildman–Crippen MR) is 82.8 cm³/mol. The smallest absolute Gasteiger partial charge is 0.257 e. The molecule has 1 unspecified atom stereocenters. The second kappa shape index (κ2) is 6.43. The molecule has 4 nitrogen and oxygen atoms in total. The topological polar surface area (TPSA) is 49.6 Å². The number of amides is 1. The van der Waals surface area contributed by atoms with Crippen molar-refractivity contribution in [3.05, 3.63) is 29.1 Å². The van der Waals surface area contributed by atoms with Gasteiger partial charge in [0.05, 0.1) is 5.56 Å². The fourth-order valence-electron chi connectivity index (χ4n) is 2.97. The van der Waals surface area contributed by atoms with Crippen LogP contribution in [0.5, 0.6) is 0 Å². The Kier molecular flexibility index (Phi) is 4.83. The molecule has 1 heterocycles. The van der Waals surface area contributed by atoms with Crippen LogP contribution >= 0.6 is 0 Å². The Morgan fingerprint density at radius 3 is 2.81 bits per heavy atom. The maximum Gasteiger partial charge on any atom is 0.257 e. The van der Waals surface area contributed by atoms with Crippen molar-refractivity contribution in [1.82, 2.24) is 9.80 Å². The number of rotatable bonds is 2. The van der Waals surface area contributed by atoms with E-state index < -0.39 is 5.82 Å². The maximum absolute atomic E-state index is 14.3. The highest BCUT2D eigenvalue weighted by Crippen LogP contribution is 2.22. The first kappa shape index (κ1) is 15.8. The summed E-state index contributed by atoms with van der Waals surface area (Å²) in [5, 5.41) is 0. The van der Waals surface area contributed by atoms with Crippen molar-refractivity contribution in [2.24, 2.45) is 0 Å². The van der Waals surface area contributed by atoms with E-state index in [9.17, 15) is 9.18 Å². The highest BCUT2D eigenvalue weighted by Gasteiger charge is 2.28. The number of halogens is 1. The molecule has 0 radical (unpaired) electrons. The summed E-state index contributed by atoms with van der Waals surface area (Å²) in [6.07, 6.45) is 1.76. The molecule has 1 fully saturated rings. The van der Waals surface area contributed by atoms with E-state index >= 15 is 0 Å². The number of carbonyl (C=O) groups excluding carboxylic acids is 1. The second-order valence-electron chi connectivity index (χ2n) is 5.88. The van der Waals surface area contributed by atoms with Crippen molar-refractivity contribution in [2.75, 3.05) is 32.4 Å². The lowest BCUT2D eigenvalue weighted by Gasteiger charge is -2.30. The maximum atomic E-state index is 14.3. The number of hydrogen-bond acceptors (Lipinski definition) is 3. The Hall–Kier alpha value is -1.62. The van der Waals surface area contributed by atoms with Crippen molar-refractivity contribution < 1.29 is 9.18 Å². The average Bonchev–Trinajstić information content (AvgIpc) is 2.63. The van der Waals surface area contributed by atoms with Gasteiger partial charge in [0.1, 0.15) is 5.82 Å². The zero-order valence-corrected chi connectivity index (χ0v) is 13.0. The molecule has 0 bridgehead atoms. The normalized spacial score (nSPS) is 20.4. The number of anilines is 1. The lowest BCUT2D eigenvalue weighted by molar-refractivity contribution is 0.0671. The van der Waals surface area contributed by atoms with Crippen LogP contribution in [0.3, 0.4) is 0 Å². The molecule has 2 rings (SSSR count). The van der Waals surface area contributed by atoms with E-state index in [0.717, 1.165) is 25.9 Å². The summed E-state index contributed by atoms with van der Waals surface area (Å²) in [4.78, 5) is 16.8. The van der Waals surface area contributed by atoms with Gasteiger partial charge in [-0.25, -0.2) is 4.39 Å². The number of likely N-dealkylation sites (N-methyl/N-ethyl adjacent to an activating group) is 1. The van der Waals surface area contributed by atoms with Gasteiger partial charge in [0.15, 0.2) is 0 Å². The van der Waals surface area contributed by atoms with E-state index in [1.807, 2.05) is 0 Å². The molecule has 1 atom stereocenters. The standard InChI is InChI=1S/C16H24FN3O/c1-4-13-10-19(3)6-5-7-20(13)16(21)14-9-12(18)8-11(2)15(14)17/h8-9,13H,4-7,10,18H2,1-3H3. The Bertz CT molecular complexity index is 532. The summed E-state index contributed by atoms with van der Waals surface area (Å²) in [6.45, 7) is 6.14. The fourth-order valence-corrected chi connectivity index (χ4v) is 2.97. The minimum absolute atomic E-state index is 0.0931. The Morgan fingerprint density at radius 2 is 2.14 bits per heavy atom. The third-order valence-corrected chi connectivity index (χ3v) is 4.14. The lowest BCUT2D eigenvalue weighted by atomic mass is 10.1. The van der Waals surface area contributed by atoms with Crippen LogP contribution in [-0.2, 0) is 0 Å². The molecule has 1 aliphatic rings. The predicted octanol–water partition coefficient (Wildman–Crippen LogP) is 2.27. The number of nitrogens with two attached hydrogens (primary N) is 1. The van der Waals surface area contributed by atoms with Gasteiger partial charge in [-0.2, -0.15) is 0 Å². The number of aryl methyl sites for hydroxylation is 1. The van der Waals surface area contributed by atoms with E-state index in [2.05, 4.69) is 18.9 Å². The van der Waals surface area contributed by atoms with Gasteiger partial charge in [-0.05, 0) is 51.1 Å². The summed E-state index contributed by atoms with van der Waals surface area (Å²) in [5.41, 5.74) is 6.71. The summed E-state index contributed by atoms with van der Waals surface area (Å²) in [6, 6.07) is 3.12. The first-order valence-corrected chi connectivity index (χ1v) is 7.49. The summed E-state index contributed by atoms with van der Waals surface area (Å²) >= 11 is 0. The molecule has 0 aromatic heterocycles. The number of nitrogens with zero attached hydrogens (tertiary/aromatic N) is 2. The Labute approximate surface area is 125 Å². The summed E-state index contributed by atoms with van der Waals surface area (Å²) < 4.78 is 14.3. The molecule has 1 amide bonds. The monoisotopic (exact) mass is 293 g/mol. The van der Waals surface area contributed by atoms with Crippen LogP contribution in [0.1, 0.15) is 35.7 Å². The number of nitrogen functional groups attached to an aromatic ring is 1. The first-order valence-electron chi connectivity index (χ1n) is 7.49. The van der Waals surface area contributed by atoms with E-state index in [1.165, 1.54) is 6.07 Å². The molecule has 0 saturated carbocycles. The fraction of sp³-hybridized carbons (Fsp3) is 0.562. The molecular weight excluding hydrogens is 269 g/mol. The second-order valence-corrected chi connectivity index (χ2v) is 5.88. The van der Waals surface area contributed by atoms with Gasteiger partial charge in [-0.1, -0.05) is 6.92 Å². The summed E-state index contributed by atoms with van der Waals surface area (Å²) in [5.74, 6) is -0.702. The van der Waals surface area contributed by atoms with Crippen LogP contribution in [0.15, 0.2) is 12.1 Å². The largest absolute Gasteiger partial charge is 0.399 e. The molecule has 1 aromatic rings. The van der Waals surface area contributed by atoms with Crippen LogP contribution in [0.25, 0.3) is 0 Å². The van der Waals surface area contributed by atoms with Crippen molar-refractivity contribution >= 4 is 11.6 Å². The molecule has 21 heavy (non-hydrogen) atoms. The van der Waals surface area contributed by atoms with Crippen LogP contribution in [-0.4, -0.2) is 48.4 Å². The van der Waals surface area contributed by atoms with Gasteiger partial charge in [-0.15, -0.1) is 0 Å². The highest BCUT2D eigenvalue weighted by atomic mass is 19.1. The molecular formula is C16H24FN3O. The molecule has 116 valence electrons. The van der Waals surface area contributed by atoms with Crippen molar-refractivity contribution in [2.45, 2.75) is 32.7 Å². The van der Waals surface area contributed by atoms with Gasteiger partial charge < -0.3 is 15.5 Å². The third kappa shape index (κ3) is 3.35. The van der Waals surface area contributed by atoms with Gasteiger partial charge in [0, 0.05) is 24.8 Å². The van der Waals surface area contributed by atoms with Gasteiger partial charge in [0.2, 0.25) is 0 Å². The minimum Gasteiger partial charge on any atom is -0.399 e. The number of hydrogen-bond donors (Lipinski definition) is 1. The van der Waals surface area contributed by atoms with Crippen molar-refractivity contribution in [3.8, 4) is 0 Å².